The van der Waals surface area contributed by atoms with Gasteiger partial charge in [-0.25, -0.2) is 14.4 Å². The van der Waals surface area contributed by atoms with Crippen molar-refractivity contribution in [3.63, 3.8) is 0 Å². The topological polar surface area (TPSA) is 34.0 Å². The van der Waals surface area contributed by atoms with Crippen LogP contribution < -0.4 is 0 Å². The molecule has 0 saturated carbocycles. The number of halogens is 7. The fourth-order valence-electron chi connectivity index (χ4n) is 2.29. The maximum atomic E-state index is 13.5. The molecule has 3 nitrogen and oxygen atoms in total. The Morgan fingerprint density at radius 1 is 0.667 bits per heavy atom. The van der Waals surface area contributed by atoms with E-state index in [0.717, 1.165) is 24.3 Å². The first kappa shape index (κ1) is 18.9. The van der Waals surface area contributed by atoms with Crippen molar-refractivity contribution in [2.24, 2.45) is 9.98 Å². The second-order valence-corrected chi connectivity index (χ2v) is 5.48. The van der Waals surface area contributed by atoms with Crippen LogP contribution in [0.15, 0.2) is 64.6 Å². The summed E-state index contributed by atoms with van der Waals surface area (Å²) in [6.07, 6.45) is -11.8. The highest BCUT2D eigenvalue weighted by molar-refractivity contribution is 6.08. The van der Waals surface area contributed by atoms with Gasteiger partial charge in [-0.3, -0.25) is 0 Å². The molecule has 1 heterocycles. The van der Waals surface area contributed by atoms with E-state index >= 15 is 0 Å². The Bertz CT molecular complexity index is 870. The highest BCUT2D eigenvalue weighted by Crippen LogP contribution is 2.49. The summed E-state index contributed by atoms with van der Waals surface area (Å²) in [7, 11) is 0. The predicted octanol–water partition coefficient (Wildman–Crippen LogP) is 4.87. The average molecular weight is 390 g/mol. The van der Waals surface area contributed by atoms with Crippen molar-refractivity contribution in [3.05, 3.63) is 71.5 Å². The van der Waals surface area contributed by atoms with Crippen LogP contribution in [0.5, 0.6) is 0 Å². The van der Waals surface area contributed by atoms with Crippen molar-refractivity contribution in [1.29, 1.82) is 0 Å². The van der Waals surface area contributed by atoms with Gasteiger partial charge in [-0.1, -0.05) is 18.2 Å². The van der Waals surface area contributed by atoms with Crippen LogP contribution in [0.4, 0.5) is 30.7 Å². The molecule has 0 atom stereocenters. The Hall–Kier alpha value is -2.91. The van der Waals surface area contributed by atoms with Crippen molar-refractivity contribution >= 4 is 11.8 Å². The molecule has 142 valence electrons. The Kier molecular flexibility index (Phi) is 4.44. The maximum absolute atomic E-state index is 13.5. The van der Waals surface area contributed by atoms with Gasteiger partial charge in [-0.05, 0) is 36.4 Å². The lowest BCUT2D eigenvalue weighted by Crippen LogP contribution is -2.56. The summed E-state index contributed by atoms with van der Waals surface area (Å²) in [5, 5.41) is 0. The van der Waals surface area contributed by atoms with Gasteiger partial charge < -0.3 is 4.74 Å². The molecule has 0 bridgehead atoms. The van der Waals surface area contributed by atoms with Crippen LogP contribution in [-0.4, -0.2) is 29.8 Å². The quantitative estimate of drug-likeness (QED) is 0.674. The molecule has 0 spiro atoms. The average Bonchev–Trinajstić information content (AvgIpc) is 2.61. The molecule has 0 saturated heterocycles. The van der Waals surface area contributed by atoms with Crippen LogP contribution in [0.1, 0.15) is 11.1 Å². The lowest BCUT2D eigenvalue weighted by molar-refractivity contribution is -0.293. The molecule has 2 aromatic carbocycles. The molecule has 27 heavy (non-hydrogen) atoms. The van der Waals surface area contributed by atoms with Crippen LogP contribution in [0.3, 0.4) is 0 Å². The highest BCUT2D eigenvalue weighted by Gasteiger charge is 2.74. The minimum Gasteiger partial charge on any atom is -0.420 e. The van der Waals surface area contributed by atoms with Crippen molar-refractivity contribution in [3.8, 4) is 0 Å². The van der Waals surface area contributed by atoms with Crippen molar-refractivity contribution < 1.29 is 35.5 Å². The van der Waals surface area contributed by atoms with Crippen LogP contribution in [0.2, 0.25) is 0 Å². The summed E-state index contributed by atoms with van der Waals surface area (Å²) in [5.74, 6) is -2.61. The van der Waals surface area contributed by atoms with Gasteiger partial charge in [-0.15, -0.1) is 0 Å². The SMILES string of the molecule is Fc1ccc(C2=NC(C(F)(F)F)(C(F)(F)F)N=C(c3ccccc3)O2)cc1. The number of benzene rings is 2. The molecular formula is C17H9F7N2O. The molecule has 0 fully saturated rings. The van der Waals surface area contributed by atoms with E-state index in [-0.39, 0.29) is 11.1 Å². The normalized spacial score (nSPS) is 17.0. The number of hydrogen-bond donors (Lipinski definition) is 0. The van der Waals surface area contributed by atoms with E-state index in [1.54, 1.807) is 0 Å². The van der Waals surface area contributed by atoms with E-state index in [1.165, 1.54) is 30.3 Å². The molecule has 0 unspecified atom stereocenters. The molecule has 0 radical (unpaired) electrons. The summed E-state index contributed by atoms with van der Waals surface area (Å²) < 4.78 is 99.1. The van der Waals surface area contributed by atoms with E-state index in [0.29, 0.717) is 0 Å². The van der Waals surface area contributed by atoms with Gasteiger partial charge in [0.1, 0.15) is 5.82 Å². The van der Waals surface area contributed by atoms with Gasteiger partial charge in [0.05, 0.1) is 0 Å². The molecule has 0 aromatic heterocycles. The number of aliphatic imine (C=N–C) groups is 2. The zero-order valence-corrected chi connectivity index (χ0v) is 13.1. The van der Waals surface area contributed by atoms with Crippen LogP contribution in [0.25, 0.3) is 0 Å². The molecule has 10 heteroatoms. The Morgan fingerprint density at radius 2 is 1.11 bits per heavy atom. The van der Waals surface area contributed by atoms with E-state index in [1.807, 2.05) is 0 Å². The van der Waals surface area contributed by atoms with Crippen molar-refractivity contribution in [2.75, 3.05) is 0 Å². The number of nitrogens with zero attached hydrogens (tertiary/aromatic N) is 2. The third kappa shape index (κ3) is 3.38. The molecule has 1 aliphatic heterocycles. The molecular weight excluding hydrogens is 381 g/mol. The Morgan fingerprint density at radius 3 is 1.56 bits per heavy atom. The molecule has 0 amide bonds. The summed E-state index contributed by atoms with van der Waals surface area (Å²) in [5.41, 5.74) is -5.12. The van der Waals surface area contributed by atoms with E-state index in [2.05, 4.69) is 9.98 Å². The first-order chi connectivity index (χ1) is 12.5. The first-order valence-corrected chi connectivity index (χ1v) is 7.36. The van der Waals surface area contributed by atoms with Crippen LogP contribution in [0, 0.1) is 5.82 Å². The fraction of sp³-hybridized carbons (Fsp3) is 0.176. The maximum Gasteiger partial charge on any atom is 0.443 e. The number of alkyl halides is 6. The highest BCUT2D eigenvalue weighted by atomic mass is 19.4. The zero-order chi connectivity index (χ0) is 19.9. The van der Waals surface area contributed by atoms with Crippen LogP contribution in [-0.2, 0) is 4.74 Å². The van der Waals surface area contributed by atoms with Gasteiger partial charge in [-0.2, -0.15) is 26.3 Å². The molecule has 0 aliphatic carbocycles. The van der Waals surface area contributed by atoms with Crippen molar-refractivity contribution in [1.82, 2.24) is 0 Å². The van der Waals surface area contributed by atoms with Gasteiger partial charge >= 0.3 is 18.0 Å². The van der Waals surface area contributed by atoms with Crippen LogP contribution >= 0.6 is 0 Å². The Balaban J connectivity index is 2.24. The smallest absolute Gasteiger partial charge is 0.420 e. The molecule has 3 rings (SSSR count). The van der Waals surface area contributed by atoms with Gasteiger partial charge in [0, 0.05) is 11.1 Å². The summed E-state index contributed by atoms with van der Waals surface area (Å²) in [6, 6.07) is 10.4. The third-order valence-corrected chi connectivity index (χ3v) is 3.62. The second-order valence-electron chi connectivity index (χ2n) is 5.48. The summed E-state index contributed by atoms with van der Waals surface area (Å²) in [4.78, 5) is 5.57. The fourth-order valence-corrected chi connectivity index (χ4v) is 2.29. The van der Waals surface area contributed by atoms with E-state index < -0.39 is 35.6 Å². The summed E-state index contributed by atoms with van der Waals surface area (Å²) in [6.45, 7) is 0. The molecule has 1 aliphatic rings. The summed E-state index contributed by atoms with van der Waals surface area (Å²) >= 11 is 0. The second kappa shape index (κ2) is 6.36. The largest absolute Gasteiger partial charge is 0.443 e. The van der Waals surface area contributed by atoms with Gasteiger partial charge in [0.2, 0.25) is 11.8 Å². The number of rotatable bonds is 2. The lowest BCUT2D eigenvalue weighted by Gasteiger charge is -2.34. The van der Waals surface area contributed by atoms with Gasteiger partial charge in [0.15, 0.2) is 0 Å². The zero-order valence-electron chi connectivity index (χ0n) is 13.1. The minimum atomic E-state index is -5.89. The monoisotopic (exact) mass is 390 g/mol. The molecule has 0 N–H and O–H groups in total. The minimum absolute atomic E-state index is 0.107. The van der Waals surface area contributed by atoms with E-state index in [4.69, 9.17) is 4.74 Å². The third-order valence-electron chi connectivity index (χ3n) is 3.62. The van der Waals surface area contributed by atoms with Crippen molar-refractivity contribution in [2.45, 2.75) is 18.0 Å². The standard InChI is InChI=1S/C17H9F7N2O/c18-12-8-6-11(7-9-12)14-26-15(16(19,20)21,17(22,23)24)25-13(27-14)10-4-2-1-3-5-10/h1-9H. The Labute approximate surface area is 147 Å². The molecule has 2 aromatic rings. The number of hydrogen-bond acceptors (Lipinski definition) is 3. The first-order valence-electron chi connectivity index (χ1n) is 7.36. The van der Waals surface area contributed by atoms with Gasteiger partial charge in [0.25, 0.3) is 0 Å². The number of ether oxygens (including phenoxy) is 1. The van der Waals surface area contributed by atoms with E-state index in [9.17, 15) is 30.7 Å². The predicted molar refractivity (Wildman–Crippen MR) is 81.8 cm³/mol. The lowest BCUT2D eigenvalue weighted by atomic mass is 10.1.